The molecule has 2 saturated heterocycles. The van der Waals surface area contributed by atoms with Gasteiger partial charge in [-0.15, -0.1) is 0 Å². The van der Waals surface area contributed by atoms with Gasteiger partial charge in [-0.25, -0.2) is 14.0 Å². The van der Waals surface area contributed by atoms with Crippen LogP contribution in [0.5, 0.6) is 0 Å². The van der Waals surface area contributed by atoms with E-state index in [0.717, 1.165) is 25.9 Å². The fraction of sp³-hybridized carbons (Fsp3) is 0.565. The monoisotopic (exact) mass is 430 g/mol. The van der Waals surface area contributed by atoms with Crippen LogP contribution in [0.2, 0.25) is 0 Å². The van der Waals surface area contributed by atoms with Gasteiger partial charge in [-0.2, -0.15) is 0 Å². The molecule has 2 N–H and O–H groups in total. The molecule has 1 atom stereocenters. The number of hydrogen-bond acceptors (Lipinski definition) is 5. The smallest absolute Gasteiger partial charge is 0.338 e. The number of carbonyl (C=O) groups excluding carboxylic acids is 2. The van der Waals surface area contributed by atoms with E-state index >= 15 is 0 Å². The summed E-state index contributed by atoms with van der Waals surface area (Å²) in [5.41, 5.74) is 1.56. The predicted octanol–water partition coefficient (Wildman–Crippen LogP) is 2.56. The van der Waals surface area contributed by atoms with Gasteiger partial charge in [0.15, 0.2) is 0 Å². The van der Waals surface area contributed by atoms with E-state index in [4.69, 9.17) is 4.74 Å². The Labute approximate surface area is 182 Å². The molecule has 31 heavy (non-hydrogen) atoms. The molecule has 0 radical (unpaired) electrons. The topological polar surface area (TPSA) is 73.9 Å². The van der Waals surface area contributed by atoms with Crippen LogP contribution in [-0.4, -0.2) is 67.7 Å². The number of nitrogens with one attached hydrogen (secondary N) is 2. The Morgan fingerprint density at radius 3 is 2.42 bits per heavy atom. The molecule has 0 saturated carbocycles. The van der Waals surface area contributed by atoms with Crippen LogP contribution in [0.15, 0.2) is 35.5 Å². The van der Waals surface area contributed by atoms with E-state index in [0.29, 0.717) is 29.4 Å². The van der Waals surface area contributed by atoms with Crippen molar-refractivity contribution in [3.63, 3.8) is 0 Å². The van der Waals surface area contributed by atoms with Gasteiger partial charge in [-0.05, 0) is 56.5 Å². The van der Waals surface area contributed by atoms with Crippen molar-refractivity contribution < 1.29 is 18.7 Å². The molecule has 3 aliphatic heterocycles. The van der Waals surface area contributed by atoms with Crippen LogP contribution in [0, 0.1) is 5.82 Å². The Kier molecular flexibility index (Phi) is 6.87. The summed E-state index contributed by atoms with van der Waals surface area (Å²) >= 11 is 0. The number of rotatable bonds is 5. The quantitative estimate of drug-likeness (QED) is 0.703. The highest BCUT2D eigenvalue weighted by Gasteiger charge is 2.35. The van der Waals surface area contributed by atoms with E-state index in [1.165, 1.54) is 51.6 Å². The van der Waals surface area contributed by atoms with E-state index in [1.807, 2.05) is 0 Å². The molecule has 0 spiro atoms. The lowest BCUT2D eigenvalue weighted by Crippen LogP contribution is -2.51. The molecule has 1 aromatic carbocycles. The average molecular weight is 431 g/mol. The van der Waals surface area contributed by atoms with Gasteiger partial charge in [-0.3, -0.25) is 4.90 Å². The summed E-state index contributed by atoms with van der Waals surface area (Å²) in [6, 6.07) is 5.38. The van der Waals surface area contributed by atoms with Gasteiger partial charge in [-0.1, -0.05) is 18.6 Å². The standard InChI is InChI=1S/C23H31FN4O3/c1-31-22(29)20-19(25-23(30)26-21(20)16-5-7-17(24)8-6-16)15-27-13-9-18(10-14-27)28-11-3-2-4-12-28/h5-8,18,21H,2-4,9-15H2,1H3,(H2,25,26,30)/t21-/m0/s1. The average Bonchev–Trinajstić information content (AvgIpc) is 2.80. The van der Waals surface area contributed by atoms with E-state index < -0.39 is 12.0 Å². The fourth-order valence-corrected chi connectivity index (χ4v) is 4.95. The second kappa shape index (κ2) is 9.78. The van der Waals surface area contributed by atoms with E-state index in [2.05, 4.69) is 20.4 Å². The fourth-order valence-electron chi connectivity index (χ4n) is 4.95. The highest BCUT2D eigenvalue weighted by molar-refractivity contribution is 5.95. The zero-order valence-corrected chi connectivity index (χ0v) is 18.0. The minimum atomic E-state index is -0.678. The molecule has 2 fully saturated rings. The Hall–Kier alpha value is -2.45. The minimum Gasteiger partial charge on any atom is -0.466 e. The maximum atomic E-state index is 13.4. The Morgan fingerprint density at radius 1 is 1.10 bits per heavy atom. The number of piperidine rings is 2. The third-order valence-corrected chi connectivity index (χ3v) is 6.61. The zero-order chi connectivity index (χ0) is 21.8. The summed E-state index contributed by atoms with van der Waals surface area (Å²) in [5.74, 6) is -0.871. The summed E-state index contributed by atoms with van der Waals surface area (Å²) in [5, 5.41) is 5.60. The molecule has 7 nitrogen and oxygen atoms in total. The van der Waals surface area contributed by atoms with Gasteiger partial charge in [0.25, 0.3) is 0 Å². The molecule has 0 aliphatic carbocycles. The van der Waals surface area contributed by atoms with Crippen molar-refractivity contribution >= 4 is 12.0 Å². The maximum absolute atomic E-state index is 13.4. The van der Waals surface area contributed by atoms with E-state index in [-0.39, 0.29) is 11.8 Å². The molecular formula is C23H31FN4O3. The third-order valence-electron chi connectivity index (χ3n) is 6.61. The highest BCUT2D eigenvalue weighted by Crippen LogP contribution is 2.29. The highest BCUT2D eigenvalue weighted by atomic mass is 19.1. The van der Waals surface area contributed by atoms with Crippen molar-refractivity contribution in [2.24, 2.45) is 0 Å². The van der Waals surface area contributed by atoms with Crippen LogP contribution in [0.1, 0.15) is 43.7 Å². The zero-order valence-electron chi connectivity index (χ0n) is 18.0. The number of ether oxygens (including phenoxy) is 1. The van der Waals surface area contributed by atoms with Crippen LogP contribution < -0.4 is 10.6 Å². The summed E-state index contributed by atoms with van der Waals surface area (Å²) in [6.45, 7) is 4.71. The number of amides is 2. The number of nitrogens with zero attached hydrogens (tertiary/aromatic N) is 2. The predicted molar refractivity (Wildman–Crippen MR) is 115 cm³/mol. The summed E-state index contributed by atoms with van der Waals surface area (Å²) in [6.07, 6.45) is 6.10. The lowest BCUT2D eigenvalue weighted by atomic mass is 9.94. The van der Waals surface area contributed by atoms with E-state index in [1.54, 1.807) is 12.1 Å². The lowest BCUT2D eigenvalue weighted by molar-refractivity contribution is -0.136. The Bertz CT molecular complexity index is 828. The van der Waals surface area contributed by atoms with Crippen LogP contribution in [0.4, 0.5) is 9.18 Å². The van der Waals surface area contributed by atoms with Gasteiger partial charge in [0.05, 0.1) is 18.7 Å². The minimum absolute atomic E-state index is 0.367. The lowest BCUT2D eigenvalue weighted by Gasteiger charge is -2.41. The maximum Gasteiger partial charge on any atom is 0.338 e. The van der Waals surface area contributed by atoms with Crippen LogP contribution in [0.3, 0.4) is 0 Å². The SMILES string of the molecule is COC(=O)C1=C(CN2CCC(N3CCCCC3)CC2)NC(=O)N[C@H]1c1ccc(F)cc1. The van der Waals surface area contributed by atoms with Crippen LogP contribution in [-0.2, 0) is 9.53 Å². The molecule has 0 aromatic heterocycles. The largest absolute Gasteiger partial charge is 0.466 e. The first-order valence-electron chi connectivity index (χ1n) is 11.2. The summed E-state index contributed by atoms with van der Waals surface area (Å²) < 4.78 is 18.4. The summed E-state index contributed by atoms with van der Waals surface area (Å²) in [4.78, 5) is 29.9. The van der Waals surface area contributed by atoms with Crippen molar-refractivity contribution in [2.45, 2.75) is 44.2 Å². The van der Waals surface area contributed by atoms with Crippen LogP contribution >= 0.6 is 0 Å². The second-order valence-electron chi connectivity index (χ2n) is 8.57. The molecular weight excluding hydrogens is 399 g/mol. The number of hydrogen-bond donors (Lipinski definition) is 2. The molecule has 1 aromatic rings. The third kappa shape index (κ3) is 5.07. The van der Waals surface area contributed by atoms with Gasteiger partial charge in [0, 0.05) is 31.4 Å². The molecule has 2 amide bonds. The van der Waals surface area contributed by atoms with Crippen molar-refractivity contribution in [2.75, 3.05) is 39.8 Å². The number of esters is 1. The summed E-state index contributed by atoms with van der Waals surface area (Å²) in [7, 11) is 1.33. The van der Waals surface area contributed by atoms with Gasteiger partial charge in [0.1, 0.15) is 5.82 Å². The Balaban J connectivity index is 1.50. The van der Waals surface area contributed by atoms with Gasteiger partial charge in [0.2, 0.25) is 0 Å². The van der Waals surface area contributed by atoms with Crippen molar-refractivity contribution in [3.05, 3.63) is 46.9 Å². The number of likely N-dealkylation sites (tertiary alicyclic amines) is 2. The molecule has 4 rings (SSSR count). The van der Waals surface area contributed by atoms with Crippen LogP contribution in [0.25, 0.3) is 0 Å². The van der Waals surface area contributed by atoms with E-state index in [9.17, 15) is 14.0 Å². The van der Waals surface area contributed by atoms with Crippen molar-refractivity contribution in [1.29, 1.82) is 0 Å². The molecule has 168 valence electrons. The normalized spacial score (nSPS) is 23.9. The molecule has 0 bridgehead atoms. The number of urea groups is 1. The Morgan fingerprint density at radius 2 is 1.77 bits per heavy atom. The number of methoxy groups -OCH3 is 1. The molecule has 0 unspecified atom stereocenters. The first kappa shape index (κ1) is 21.8. The van der Waals surface area contributed by atoms with Crippen molar-refractivity contribution in [3.8, 4) is 0 Å². The van der Waals surface area contributed by atoms with Gasteiger partial charge >= 0.3 is 12.0 Å². The molecule has 3 aliphatic rings. The molecule has 3 heterocycles. The number of carbonyl (C=O) groups is 2. The first-order chi connectivity index (χ1) is 15.0. The number of benzene rings is 1. The van der Waals surface area contributed by atoms with Gasteiger partial charge < -0.3 is 20.3 Å². The second-order valence-corrected chi connectivity index (χ2v) is 8.57. The first-order valence-corrected chi connectivity index (χ1v) is 11.2. The van der Waals surface area contributed by atoms with Crippen molar-refractivity contribution in [1.82, 2.24) is 20.4 Å². The molecule has 8 heteroatoms. The number of halogens is 1.